The van der Waals surface area contributed by atoms with Crippen LogP contribution in [0.25, 0.3) is 0 Å². The van der Waals surface area contributed by atoms with Crippen molar-refractivity contribution in [3.05, 3.63) is 73.4 Å². The molecule has 0 saturated carbocycles. The van der Waals surface area contributed by atoms with E-state index in [4.69, 9.17) is 10.5 Å². The molecule has 0 fully saturated rings. The minimum absolute atomic E-state index is 0.0439. The van der Waals surface area contributed by atoms with Crippen molar-refractivity contribution in [1.29, 1.82) is 0 Å². The fourth-order valence-corrected chi connectivity index (χ4v) is 2.97. The first-order chi connectivity index (χ1) is 13.7. The molecule has 3 rings (SSSR count). The molecule has 0 atom stereocenters. The average Bonchev–Trinajstić information content (AvgIpc) is 2.63. The highest BCUT2D eigenvalue weighted by Crippen LogP contribution is 2.22. The van der Waals surface area contributed by atoms with Gasteiger partial charge in [-0.3, -0.25) is 9.36 Å². The van der Waals surface area contributed by atoms with Crippen LogP contribution in [0.5, 0.6) is 5.88 Å². The second-order valence-corrected chi connectivity index (χ2v) is 6.93. The number of nitrogens with zero attached hydrogens (tertiary/aromatic N) is 4. The first-order valence-corrected chi connectivity index (χ1v) is 9.07. The van der Waals surface area contributed by atoms with Gasteiger partial charge in [0.05, 0.1) is 12.1 Å². The van der Waals surface area contributed by atoms with Gasteiger partial charge in [-0.2, -0.15) is 4.98 Å². The molecule has 1 aromatic carbocycles. The Labute approximate surface area is 171 Å². The number of aromatic nitrogens is 4. The molecular weight excluding hydrogens is 455 g/mol. The van der Waals surface area contributed by atoms with E-state index in [-0.39, 0.29) is 28.5 Å². The Morgan fingerprint density at radius 3 is 2.45 bits per heavy atom. The van der Waals surface area contributed by atoms with Crippen LogP contribution in [0.4, 0.5) is 19.0 Å². The van der Waals surface area contributed by atoms with Crippen molar-refractivity contribution in [2.45, 2.75) is 27.0 Å². The lowest BCUT2D eigenvalue weighted by Crippen LogP contribution is -2.26. The van der Waals surface area contributed by atoms with Gasteiger partial charge >= 0.3 is 0 Å². The van der Waals surface area contributed by atoms with Crippen LogP contribution in [0.1, 0.15) is 22.8 Å². The number of nitrogens with two attached hydrogens (primary N) is 1. The van der Waals surface area contributed by atoms with E-state index >= 15 is 0 Å². The summed E-state index contributed by atoms with van der Waals surface area (Å²) in [4.78, 5) is 25.0. The van der Waals surface area contributed by atoms with E-state index < -0.39 is 35.2 Å². The van der Waals surface area contributed by atoms with Gasteiger partial charge in [-0.15, -0.1) is 0 Å². The molecule has 0 aliphatic rings. The zero-order chi connectivity index (χ0) is 21.3. The molecule has 2 heterocycles. The third-order valence-electron chi connectivity index (χ3n) is 4.08. The standard InChI is InChI=1S/C18H15BrF3N5O2/c1-8-24-5-10(16(23)25-8)6-27-9(2)26-17(15(19)18(27)28)29-7-12-13(21)3-11(20)4-14(12)22/h3-5H,6-7H2,1-2H3,(H2,23,24,25). The molecule has 11 heteroatoms. The molecule has 0 amide bonds. The Bertz CT molecular complexity index is 1130. The lowest BCUT2D eigenvalue weighted by molar-refractivity contribution is 0.275. The van der Waals surface area contributed by atoms with Crippen molar-refractivity contribution in [3.63, 3.8) is 0 Å². The number of hydrogen-bond donors (Lipinski definition) is 1. The van der Waals surface area contributed by atoms with Gasteiger partial charge < -0.3 is 10.5 Å². The molecular formula is C18H15BrF3N5O2. The molecule has 2 aromatic heterocycles. The van der Waals surface area contributed by atoms with Crippen LogP contribution in [-0.4, -0.2) is 19.5 Å². The summed E-state index contributed by atoms with van der Waals surface area (Å²) >= 11 is 3.10. The maximum absolute atomic E-state index is 13.8. The van der Waals surface area contributed by atoms with E-state index in [1.807, 2.05) is 0 Å². The molecule has 3 aromatic rings. The highest BCUT2D eigenvalue weighted by atomic mass is 79.9. The fraction of sp³-hybridized carbons (Fsp3) is 0.222. The summed E-state index contributed by atoms with van der Waals surface area (Å²) in [5, 5.41) is 0. The number of hydrogen-bond acceptors (Lipinski definition) is 6. The van der Waals surface area contributed by atoms with Crippen LogP contribution in [0.15, 0.2) is 27.6 Å². The van der Waals surface area contributed by atoms with Crippen LogP contribution in [0.3, 0.4) is 0 Å². The Kier molecular flexibility index (Phi) is 5.87. The predicted molar refractivity (Wildman–Crippen MR) is 102 cm³/mol. The summed E-state index contributed by atoms with van der Waals surface area (Å²) in [7, 11) is 0. The van der Waals surface area contributed by atoms with E-state index in [1.54, 1.807) is 13.8 Å². The molecule has 0 aliphatic heterocycles. The maximum Gasteiger partial charge on any atom is 0.272 e. The van der Waals surface area contributed by atoms with E-state index in [0.29, 0.717) is 23.5 Å². The van der Waals surface area contributed by atoms with Crippen molar-refractivity contribution in [1.82, 2.24) is 19.5 Å². The summed E-state index contributed by atoms with van der Waals surface area (Å²) in [6.07, 6.45) is 1.52. The summed E-state index contributed by atoms with van der Waals surface area (Å²) in [6.45, 7) is 2.74. The maximum atomic E-state index is 13.8. The molecule has 29 heavy (non-hydrogen) atoms. The van der Waals surface area contributed by atoms with Crippen molar-refractivity contribution < 1.29 is 17.9 Å². The van der Waals surface area contributed by atoms with Gasteiger partial charge in [-0.05, 0) is 29.8 Å². The second-order valence-electron chi connectivity index (χ2n) is 6.13. The molecule has 0 bridgehead atoms. The molecule has 7 nitrogen and oxygen atoms in total. The summed E-state index contributed by atoms with van der Waals surface area (Å²) in [5.41, 5.74) is 5.42. The van der Waals surface area contributed by atoms with Gasteiger partial charge in [-0.1, -0.05) is 0 Å². The van der Waals surface area contributed by atoms with Crippen molar-refractivity contribution in [2.75, 3.05) is 5.73 Å². The van der Waals surface area contributed by atoms with Crippen LogP contribution >= 0.6 is 15.9 Å². The summed E-state index contributed by atoms with van der Waals surface area (Å²) in [5.74, 6) is -2.38. The molecule has 0 saturated heterocycles. The number of ether oxygens (including phenoxy) is 1. The highest BCUT2D eigenvalue weighted by Gasteiger charge is 2.18. The normalized spacial score (nSPS) is 11.0. The third-order valence-corrected chi connectivity index (χ3v) is 4.76. The number of nitrogen functional groups attached to an aromatic ring is 1. The molecule has 152 valence electrons. The van der Waals surface area contributed by atoms with Crippen molar-refractivity contribution >= 4 is 21.7 Å². The molecule has 2 N–H and O–H groups in total. The Morgan fingerprint density at radius 1 is 1.17 bits per heavy atom. The first-order valence-electron chi connectivity index (χ1n) is 8.28. The Morgan fingerprint density at radius 2 is 1.83 bits per heavy atom. The van der Waals surface area contributed by atoms with Crippen LogP contribution in [0.2, 0.25) is 0 Å². The van der Waals surface area contributed by atoms with Crippen molar-refractivity contribution in [3.8, 4) is 5.88 Å². The van der Waals surface area contributed by atoms with Gasteiger partial charge in [0.1, 0.15) is 46.0 Å². The lowest BCUT2D eigenvalue weighted by atomic mass is 10.2. The fourth-order valence-electron chi connectivity index (χ4n) is 2.55. The highest BCUT2D eigenvalue weighted by molar-refractivity contribution is 9.10. The first kappa shape index (κ1) is 20.8. The van der Waals surface area contributed by atoms with E-state index in [1.165, 1.54) is 10.8 Å². The van der Waals surface area contributed by atoms with E-state index in [9.17, 15) is 18.0 Å². The zero-order valence-electron chi connectivity index (χ0n) is 15.3. The average molecular weight is 470 g/mol. The number of rotatable bonds is 5. The Hall–Kier alpha value is -2.95. The van der Waals surface area contributed by atoms with Crippen molar-refractivity contribution in [2.24, 2.45) is 0 Å². The monoisotopic (exact) mass is 469 g/mol. The van der Waals surface area contributed by atoms with Crippen LogP contribution in [-0.2, 0) is 13.2 Å². The molecule has 0 aliphatic carbocycles. The summed E-state index contributed by atoms with van der Waals surface area (Å²) in [6, 6.07) is 1.09. The Balaban J connectivity index is 1.89. The number of anilines is 1. The largest absolute Gasteiger partial charge is 0.472 e. The zero-order valence-corrected chi connectivity index (χ0v) is 16.9. The molecule has 0 radical (unpaired) electrons. The van der Waals surface area contributed by atoms with Gasteiger partial charge in [0.15, 0.2) is 0 Å². The van der Waals surface area contributed by atoms with Gasteiger partial charge in [0, 0.05) is 23.9 Å². The van der Waals surface area contributed by atoms with Gasteiger partial charge in [0.25, 0.3) is 5.56 Å². The predicted octanol–water partition coefficient (Wildman–Crippen LogP) is 3.04. The van der Waals surface area contributed by atoms with Crippen LogP contribution < -0.4 is 16.0 Å². The summed E-state index contributed by atoms with van der Waals surface area (Å²) < 4.78 is 47.1. The molecule has 0 spiro atoms. The third kappa shape index (κ3) is 4.39. The van der Waals surface area contributed by atoms with E-state index in [0.717, 1.165) is 0 Å². The van der Waals surface area contributed by atoms with E-state index in [2.05, 4.69) is 30.9 Å². The minimum Gasteiger partial charge on any atom is -0.472 e. The topological polar surface area (TPSA) is 95.9 Å². The molecule has 0 unspecified atom stereocenters. The quantitative estimate of drug-likeness (QED) is 0.616. The lowest BCUT2D eigenvalue weighted by Gasteiger charge is -2.14. The smallest absolute Gasteiger partial charge is 0.272 e. The number of aryl methyl sites for hydroxylation is 2. The van der Waals surface area contributed by atoms with Crippen LogP contribution in [0, 0.1) is 31.3 Å². The SMILES string of the molecule is Cc1ncc(Cn2c(C)nc(OCc3c(F)cc(F)cc3F)c(Br)c2=O)c(N)n1. The second kappa shape index (κ2) is 8.19. The van der Waals surface area contributed by atoms with Gasteiger partial charge in [-0.25, -0.2) is 23.1 Å². The number of benzene rings is 1. The minimum atomic E-state index is -1.10. The van der Waals surface area contributed by atoms with Gasteiger partial charge in [0.2, 0.25) is 5.88 Å². The number of halogens is 4.